The van der Waals surface area contributed by atoms with Crippen LogP contribution in [0.25, 0.3) is 0 Å². The van der Waals surface area contributed by atoms with E-state index in [9.17, 15) is 9.18 Å². The smallest absolute Gasteiger partial charge is 0.235 e. The highest BCUT2D eigenvalue weighted by molar-refractivity contribution is 5.80. The summed E-state index contributed by atoms with van der Waals surface area (Å²) in [7, 11) is 0. The number of benzene rings is 2. The number of primary amides is 1. The van der Waals surface area contributed by atoms with Crippen LogP contribution in [-0.2, 0) is 24.3 Å². The molecule has 21 heavy (non-hydrogen) atoms. The molecule has 1 aliphatic rings. The molecule has 1 atom stereocenters. The molecule has 108 valence electrons. The minimum absolute atomic E-state index is 0.263. The lowest BCUT2D eigenvalue weighted by Crippen LogP contribution is -2.48. The molecule has 4 heteroatoms. The zero-order valence-corrected chi connectivity index (χ0v) is 11.6. The molecule has 1 amide bonds. The summed E-state index contributed by atoms with van der Waals surface area (Å²) >= 11 is 0. The first-order chi connectivity index (χ1) is 10.1. The number of hydrogen-bond donors (Lipinski definition) is 1. The molecule has 0 saturated carbocycles. The fourth-order valence-corrected chi connectivity index (χ4v) is 2.89. The van der Waals surface area contributed by atoms with Gasteiger partial charge in [0.1, 0.15) is 5.82 Å². The van der Waals surface area contributed by atoms with Crippen molar-refractivity contribution in [3.63, 3.8) is 0 Å². The lowest BCUT2D eigenvalue weighted by Gasteiger charge is -2.35. The lowest BCUT2D eigenvalue weighted by molar-refractivity contribution is -0.124. The molecule has 0 radical (unpaired) electrons. The number of carbonyl (C=O) groups is 1. The van der Waals surface area contributed by atoms with Gasteiger partial charge in [0.15, 0.2) is 0 Å². The van der Waals surface area contributed by atoms with Gasteiger partial charge < -0.3 is 5.73 Å². The Balaban J connectivity index is 1.87. The average molecular weight is 284 g/mol. The second-order valence-electron chi connectivity index (χ2n) is 5.43. The van der Waals surface area contributed by atoms with E-state index in [0.717, 1.165) is 11.1 Å². The molecule has 1 aliphatic heterocycles. The molecule has 2 aromatic carbocycles. The van der Waals surface area contributed by atoms with Gasteiger partial charge in [0.05, 0.1) is 6.04 Å². The summed E-state index contributed by atoms with van der Waals surface area (Å²) < 4.78 is 13.3. The third-order valence-corrected chi connectivity index (χ3v) is 3.95. The molecule has 0 bridgehead atoms. The van der Waals surface area contributed by atoms with Gasteiger partial charge in [-0.1, -0.05) is 36.4 Å². The largest absolute Gasteiger partial charge is 0.368 e. The van der Waals surface area contributed by atoms with Crippen LogP contribution in [0, 0.1) is 5.82 Å². The molecule has 0 aliphatic carbocycles. The van der Waals surface area contributed by atoms with E-state index < -0.39 is 0 Å². The van der Waals surface area contributed by atoms with Crippen LogP contribution in [0.4, 0.5) is 4.39 Å². The molecule has 0 aromatic heterocycles. The normalized spacial score (nSPS) is 18.2. The van der Waals surface area contributed by atoms with Crippen LogP contribution < -0.4 is 5.73 Å². The van der Waals surface area contributed by atoms with Gasteiger partial charge in [-0.3, -0.25) is 9.69 Å². The predicted octanol–water partition coefficient (Wildman–Crippen LogP) is 2.24. The van der Waals surface area contributed by atoms with Crippen LogP contribution in [0.2, 0.25) is 0 Å². The van der Waals surface area contributed by atoms with Crippen LogP contribution in [0.1, 0.15) is 16.7 Å². The van der Waals surface area contributed by atoms with Crippen molar-refractivity contribution in [3.05, 3.63) is 71.0 Å². The Morgan fingerprint density at radius 1 is 1.19 bits per heavy atom. The maximum atomic E-state index is 13.3. The zero-order valence-electron chi connectivity index (χ0n) is 11.6. The molecule has 0 unspecified atom stereocenters. The SMILES string of the molecule is NC(=O)[C@H]1Cc2ccccc2CN1Cc1cccc(F)c1. The minimum atomic E-state index is -0.344. The van der Waals surface area contributed by atoms with Gasteiger partial charge in [-0.25, -0.2) is 4.39 Å². The van der Waals surface area contributed by atoms with E-state index in [1.807, 2.05) is 29.2 Å². The molecule has 0 saturated heterocycles. The number of carbonyl (C=O) groups excluding carboxylic acids is 1. The molecule has 2 N–H and O–H groups in total. The second kappa shape index (κ2) is 5.66. The van der Waals surface area contributed by atoms with Crippen molar-refractivity contribution in [2.75, 3.05) is 0 Å². The van der Waals surface area contributed by atoms with Gasteiger partial charge >= 0.3 is 0 Å². The van der Waals surface area contributed by atoms with Gasteiger partial charge in [-0.15, -0.1) is 0 Å². The summed E-state index contributed by atoms with van der Waals surface area (Å²) in [6.07, 6.45) is 0.612. The second-order valence-corrected chi connectivity index (χ2v) is 5.43. The van der Waals surface area contributed by atoms with Crippen molar-refractivity contribution in [2.24, 2.45) is 5.73 Å². The van der Waals surface area contributed by atoms with E-state index in [4.69, 9.17) is 5.73 Å². The van der Waals surface area contributed by atoms with Crippen LogP contribution in [0.3, 0.4) is 0 Å². The Morgan fingerprint density at radius 2 is 1.95 bits per heavy atom. The van der Waals surface area contributed by atoms with Gasteiger partial charge in [0, 0.05) is 13.1 Å². The third-order valence-electron chi connectivity index (χ3n) is 3.95. The Morgan fingerprint density at radius 3 is 2.67 bits per heavy atom. The van der Waals surface area contributed by atoms with Crippen molar-refractivity contribution >= 4 is 5.91 Å². The highest BCUT2D eigenvalue weighted by Gasteiger charge is 2.29. The van der Waals surface area contributed by atoms with E-state index in [-0.39, 0.29) is 17.8 Å². The number of rotatable bonds is 3. The summed E-state index contributed by atoms with van der Waals surface area (Å²) in [6.45, 7) is 1.17. The van der Waals surface area contributed by atoms with Crippen molar-refractivity contribution < 1.29 is 9.18 Å². The van der Waals surface area contributed by atoms with E-state index in [1.165, 1.54) is 17.7 Å². The van der Waals surface area contributed by atoms with Crippen LogP contribution >= 0.6 is 0 Å². The number of amides is 1. The topological polar surface area (TPSA) is 46.3 Å². The van der Waals surface area contributed by atoms with Gasteiger partial charge in [-0.05, 0) is 35.2 Å². The summed E-state index contributed by atoms with van der Waals surface area (Å²) in [4.78, 5) is 13.8. The molecule has 3 nitrogen and oxygen atoms in total. The molecule has 3 rings (SSSR count). The van der Waals surface area contributed by atoms with Crippen LogP contribution in [0.5, 0.6) is 0 Å². The number of halogens is 1. The van der Waals surface area contributed by atoms with E-state index in [2.05, 4.69) is 6.07 Å². The quantitative estimate of drug-likeness (QED) is 0.939. The fourth-order valence-electron chi connectivity index (χ4n) is 2.89. The van der Waals surface area contributed by atoms with E-state index in [1.54, 1.807) is 6.07 Å². The monoisotopic (exact) mass is 284 g/mol. The summed E-state index contributed by atoms with van der Waals surface area (Å²) in [6, 6.07) is 14.2. The van der Waals surface area contributed by atoms with Gasteiger partial charge in [0.2, 0.25) is 5.91 Å². The number of fused-ring (bicyclic) bond motifs is 1. The number of nitrogens with zero attached hydrogens (tertiary/aromatic N) is 1. The molecular formula is C17H17FN2O. The van der Waals surface area contributed by atoms with Crippen LogP contribution in [0.15, 0.2) is 48.5 Å². The highest BCUT2D eigenvalue weighted by Crippen LogP contribution is 2.25. The Kier molecular flexibility index (Phi) is 3.71. The van der Waals surface area contributed by atoms with Crippen LogP contribution in [-0.4, -0.2) is 16.8 Å². The molecule has 0 fully saturated rings. The minimum Gasteiger partial charge on any atom is -0.368 e. The van der Waals surface area contributed by atoms with Gasteiger partial charge in [0.25, 0.3) is 0 Å². The maximum absolute atomic E-state index is 13.3. The van der Waals surface area contributed by atoms with Crippen molar-refractivity contribution in [1.29, 1.82) is 0 Å². The summed E-state index contributed by atoms with van der Waals surface area (Å²) in [5, 5.41) is 0. The lowest BCUT2D eigenvalue weighted by atomic mass is 9.93. The average Bonchev–Trinajstić information content (AvgIpc) is 2.46. The van der Waals surface area contributed by atoms with Crippen molar-refractivity contribution in [2.45, 2.75) is 25.6 Å². The first kappa shape index (κ1) is 13.8. The summed E-state index contributed by atoms with van der Waals surface area (Å²) in [5.41, 5.74) is 8.76. The third kappa shape index (κ3) is 2.95. The van der Waals surface area contributed by atoms with Crippen molar-refractivity contribution in [1.82, 2.24) is 4.90 Å². The first-order valence-electron chi connectivity index (χ1n) is 6.98. The Hall–Kier alpha value is -2.20. The number of hydrogen-bond acceptors (Lipinski definition) is 2. The number of nitrogens with two attached hydrogens (primary N) is 1. The standard InChI is InChI=1S/C17H17FN2O/c18-15-7-3-4-12(8-15)10-20-11-14-6-2-1-5-13(14)9-16(20)17(19)21/h1-8,16H,9-11H2,(H2,19,21)/t16-/m1/s1. The summed E-state index contributed by atoms with van der Waals surface area (Å²) in [5.74, 6) is -0.596. The van der Waals surface area contributed by atoms with E-state index >= 15 is 0 Å². The molecule has 0 spiro atoms. The first-order valence-corrected chi connectivity index (χ1v) is 6.98. The van der Waals surface area contributed by atoms with E-state index in [0.29, 0.717) is 19.5 Å². The highest BCUT2D eigenvalue weighted by atomic mass is 19.1. The Labute approximate surface area is 123 Å². The van der Waals surface area contributed by atoms with Crippen molar-refractivity contribution in [3.8, 4) is 0 Å². The Bertz CT molecular complexity index is 671. The molecule has 2 aromatic rings. The fraction of sp³-hybridized carbons (Fsp3) is 0.235. The maximum Gasteiger partial charge on any atom is 0.235 e. The van der Waals surface area contributed by atoms with Gasteiger partial charge in [-0.2, -0.15) is 0 Å². The predicted molar refractivity (Wildman–Crippen MR) is 78.8 cm³/mol. The zero-order chi connectivity index (χ0) is 14.8. The molecular weight excluding hydrogens is 267 g/mol. The molecule has 1 heterocycles.